The highest BCUT2D eigenvalue weighted by Gasteiger charge is 2.58. The topological polar surface area (TPSA) is 80.7 Å². The molecule has 0 aromatic heterocycles. The van der Waals surface area contributed by atoms with Crippen molar-refractivity contribution in [2.45, 2.75) is 73.3 Å². The molecule has 1 fully saturated rings. The van der Waals surface area contributed by atoms with Crippen LogP contribution in [0.3, 0.4) is 0 Å². The lowest BCUT2D eigenvalue weighted by molar-refractivity contribution is -0.172. The van der Waals surface area contributed by atoms with Crippen LogP contribution in [0, 0.1) is 22.7 Å². The largest absolute Gasteiger partial charge is 0.478 e. The van der Waals surface area contributed by atoms with E-state index in [2.05, 4.69) is 20.8 Å². The van der Waals surface area contributed by atoms with Crippen molar-refractivity contribution in [3.8, 4) is 0 Å². The number of rotatable bonds is 5. The van der Waals surface area contributed by atoms with Crippen molar-refractivity contribution in [3.05, 3.63) is 23.3 Å². The average molecular weight is 376 g/mol. The number of carbonyl (C=O) groups is 3. The Morgan fingerprint density at radius 1 is 1.37 bits per heavy atom. The average Bonchev–Trinajstić information content (AvgIpc) is 2.52. The summed E-state index contributed by atoms with van der Waals surface area (Å²) in [5.74, 6) is -0.968. The number of carbonyl (C=O) groups excluding carboxylic acids is 2. The maximum absolute atomic E-state index is 12.4. The van der Waals surface area contributed by atoms with Crippen molar-refractivity contribution in [3.63, 3.8) is 0 Å². The van der Waals surface area contributed by atoms with E-state index in [-0.39, 0.29) is 29.0 Å². The number of ketones is 1. The van der Waals surface area contributed by atoms with E-state index in [1.165, 1.54) is 13.0 Å². The van der Waals surface area contributed by atoms with Crippen LogP contribution in [0.4, 0.5) is 0 Å². The van der Waals surface area contributed by atoms with Crippen LogP contribution >= 0.6 is 0 Å². The summed E-state index contributed by atoms with van der Waals surface area (Å²) >= 11 is 0. The Hall–Kier alpha value is -1.91. The quantitative estimate of drug-likeness (QED) is 0.571. The van der Waals surface area contributed by atoms with Crippen molar-refractivity contribution in [1.29, 1.82) is 0 Å². The van der Waals surface area contributed by atoms with Crippen LogP contribution in [0.1, 0.15) is 67.2 Å². The molecule has 0 saturated heterocycles. The number of aliphatic carboxylic acids is 1. The number of esters is 1. The molecule has 1 N–H and O–H groups in total. The van der Waals surface area contributed by atoms with E-state index in [1.807, 2.05) is 6.92 Å². The van der Waals surface area contributed by atoms with E-state index in [4.69, 9.17) is 9.84 Å². The number of fused-ring (bicyclic) bond motifs is 1. The standard InChI is InChI=1S/C22H32O5/c1-13(10-20(25)26)9-19(27-16(4)23)22(6)14(2)7-8-21(5)15(3)11-17(24)12-18(21)22/h10-11,14,18-19H,7-9,12H2,1-6H3,(H,25,26). The molecule has 0 bridgehead atoms. The zero-order valence-corrected chi connectivity index (χ0v) is 17.3. The van der Waals surface area contributed by atoms with Gasteiger partial charge in [0, 0.05) is 31.3 Å². The number of hydrogen-bond acceptors (Lipinski definition) is 4. The van der Waals surface area contributed by atoms with Crippen molar-refractivity contribution >= 4 is 17.7 Å². The van der Waals surface area contributed by atoms with Crippen molar-refractivity contribution < 1.29 is 24.2 Å². The second-order valence-electron chi connectivity index (χ2n) is 8.90. The smallest absolute Gasteiger partial charge is 0.328 e. The van der Waals surface area contributed by atoms with Gasteiger partial charge in [0.05, 0.1) is 0 Å². The van der Waals surface area contributed by atoms with Gasteiger partial charge in [-0.2, -0.15) is 0 Å². The Bertz CT molecular complexity index is 703. The molecule has 2 rings (SSSR count). The van der Waals surface area contributed by atoms with Crippen molar-refractivity contribution in [2.24, 2.45) is 22.7 Å². The molecule has 0 spiro atoms. The number of carboxylic acid groups (broad SMARTS) is 1. The molecule has 0 radical (unpaired) electrons. The molecule has 5 atom stereocenters. The first-order valence-electron chi connectivity index (χ1n) is 9.70. The van der Waals surface area contributed by atoms with Gasteiger partial charge in [-0.1, -0.05) is 31.9 Å². The highest BCUT2D eigenvalue weighted by atomic mass is 16.5. The zero-order valence-electron chi connectivity index (χ0n) is 17.3. The third-order valence-electron chi connectivity index (χ3n) is 7.24. The number of hydrogen-bond donors (Lipinski definition) is 1. The zero-order chi connectivity index (χ0) is 20.6. The summed E-state index contributed by atoms with van der Waals surface area (Å²) in [6, 6.07) is 0. The maximum Gasteiger partial charge on any atom is 0.328 e. The lowest BCUT2D eigenvalue weighted by Crippen LogP contribution is -2.57. The highest BCUT2D eigenvalue weighted by molar-refractivity contribution is 5.92. The van der Waals surface area contributed by atoms with Gasteiger partial charge in [0.15, 0.2) is 5.78 Å². The molecule has 5 heteroatoms. The first-order valence-corrected chi connectivity index (χ1v) is 9.70. The van der Waals surface area contributed by atoms with Crippen molar-refractivity contribution in [2.75, 3.05) is 0 Å². The van der Waals surface area contributed by atoms with Crippen LogP contribution in [-0.2, 0) is 19.1 Å². The molecule has 5 unspecified atom stereocenters. The van der Waals surface area contributed by atoms with E-state index < -0.39 is 17.5 Å². The molecular formula is C22H32O5. The van der Waals surface area contributed by atoms with E-state index in [0.29, 0.717) is 18.4 Å². The second-order valence-corrected chi connectivity index (χ2v) is 8.90. The van der Waals surface area contributed by atoms with Crippen LogP contribution < -0.4 is 0 Å². The Kier molecular flexibility index (Phi) is 6.03. The number of ether oxygens (including phenoxy) is 1. The van der Waals surface area contributed by atoms with Crippen LogP contribution in [0.15, 0.2) is 23.3 Å². The van der Waals surface area contributed by atoms with E-state index in [0.717, 1.165) is 18.4 Å². The van der Waals surface area contributed by atoms with E-state index >= 15 is 0 Å². The molecule has 0 amide bonds. The Morgan fingerprint density at radius 2 is 2.00 bits per heavy atom. The van der Waals surface area contributed by atoms with Gasteiger partial charge in [0.2, 0.25) is 0 Å². The molecule has 0 aromatic carbocycles. The first kappa shape index (κ1) is 21.4. The molecule has 150 valence electrons. The SMILES string of the molecule is CC(=O)OC(CC(C)=CC(=O)O)C1(C)C(C)CCC2(C)C(C)=CC(=O)CC21. The molecule has 1 saturated carbocycles. The Morgan fingerprint density at radius 3 is 2.56 bits per heavy atom. The summed E-state index contributed by atoms with van der Waals surface area (Å²) in [6.45, 7) is 11.6. The lowest BCUT2D eigenvalue weighted by Gasteiger charge is -2.59. The minimum Gasteiger partial charge on any atom is -0.478 e. The van der Waals surface area contributed by atoms with Gasteiger partial charge in [-0.25, -0.2) is 4.79 Å². The summed E-state index contributed by atoms with van der Waals surface area (Å²) in [5, 5.41) is 9.07. The fourth-order valence-corrected chi connectivity index (χ4v) is 5.31. The molecule has 2 aliphatic carbocycles. The Labute approximate surface area is 161 Å². The van der Waals surface area contributed by atoms with Crippen LogP contribution in [0.25, 0.3) is 0 Å². The molecule has 5 nitrogen and oxygen atoms in total. The molecule has 0 heterocycles. The summed E-state index contributed by atoms with van der Waals surface area (Å²) in [6.07, 6.45) is 5.24. The third-order valence-corrected chi connectivity index (χ3v) is 7.24. The Balaban J connectivity index is 2.52. The normalized spacial score (nSPS) is 35.1. The van der Waals surface area contributed by atoms with Crippen LogP contribution in [-0.4, -0.2) is 28.9 Å². The summed E-state index contributed by atoms with van der Waals surface area (Å²) in [5.41, 5.74) is 1.22. The second kappa shape index (κ2) is 7.61. The number of carboxylic acids is 1. The lowest BCUT2D eigenvalue weighted by atomic mass is 9.46. The summed E-state index contributed by atoms with van der Waals surface area (Å²) in [4.78, 5) is 35.3. The van der Waals surface area contributed by atoms with E-state index in [1.54, 1.807) is 13.0 Å². The van der Waals surface area contributed by atoms with Gasteiger partial charge in [0.1, 0.15) is 6.10 Å². The van der Waals surface area contributed by atoms with Crippen molar-refractivity contribution in [1.82, 2.24) is 0 Å². The van der Waals surface area contributed by atoms with Crippen LogP contribution in [0.5, 0.6) is 0 Å². The number of allylic oxidation sites excluding steroid dienone is 2. The highest BCUT2D eigenvalue weighted by Crippen LogP contribution is 2.62. The first-order chi connectivity index (χ1) is 12.4. The maximum atomic E-state index is 12.4. The predicted molar refractivity (Wildman–Crippen MR) is 103 cm³/mol. The van der Waals surface area contributed by atoms with Gasteiger partial charge in [-0.05, 0) is 50.0 Å². The van der Waals surface area contributed by atoms with Gasteiger partial charge in [-0.15, -0.1) is 0 Å². The fourth-order valence-electron chi connectivity index (χ4n) is 5.31. The van der Waals surface area contributed by atoms with Gasteiger partial charge < -0.3 is 9.84 Å². The fraction of sp³-hybridized carbons (Fsp3) is 0.682. The minimum atomic E-state index is -1.01. The molecule has 0 aromatic rings. The summed E-state index contributed by atoms with van der Waals surface area (Å²) < 4.78 is 5.78. The molecule has 2 aliphatic rings. The third kappa shape index (κ3) is 4.02. The minimum absolute atomic E-state index is 0.0493. The monoisotopic (exact) mass is 376 g/mol. The molecular weight excluding hydrogens is 344 g/mol. The summed E-state index contributed by atoms with van der Waals surface area (Å²) in [7, 11) is 0. The van der Waals surface area contributed by atoms with Gasteiger partial charge in [0.25, 0.3) is 0 Å². The van der Waals surface area contributed by atoms with Gasteiger partial charge >= 0.3 is 11.9 Å². The van der Waals surface area contributed by atoms with E-state index in [9.17, 15) is 14.4 Å². The van der Waals surface area contributed by atoms with Gasteiger partial charge in [-0.3, -0.25) is 9.59 Å². The predicted octanol–water partition coefficient (Wildman–Crippen LogP) is 4.32. The van der Waals surface area contributed by atoms with Crippen LogP contribution in [0.2, 0.25) is 0 Å². The molecule has 27 heavy (non-hydrogen) atoms. The molecule has 0 aliphatic heterocycles.